The summed E-state index contributed by atoms with van der Waals surface area (Å²) in [7, 11) is 1.57. The van der Waals surface area contributed by atoms with Gasteiger partial charge in [0.2, 0.25) is 5.43 Å². The van der Waals surface area contributed by atoms with Crippen LogP contribution >= 0.6 is 11.6 Å². The molecule has 1 atom stereocenters. The highest BCUT2D eigenvalue weighted by atomic mass is 35.5. The predicted molar refractivity (Wildman–Crippen MR) is 92.0 cm³/mol. The highest BCUT2D eigenvalue weighted by Crippen LogP contribution is 2.16. The van der Waals surface area contributed by atoms with Crippen molar-refractivity contribution < 1.29 is 14.3 Å². The summed E-state index contributed by atoms with van der Waals surface area (Å²) < 4.78 is 12.3. The van der Waals surface area contributed by atoms with Crippen molar-refractivity contribution in [2.45, 2.75) is 19.5 Å². The molecule has 1 fully saturated rings. The van der Waals surface area contributed by atoms with E-state index < -0.39 is 5.43 Å². The lowest BCUT2D eigenvalue weighted by molar-refractivity contribution is -0.0252. The molecule has 0 bridgehead atoms. The van der Waals surface area contributed by atoms with E-state index in [9.17, 15) is 9.59 Å². The van der Waals surface area contributed by atoms with E-state index in [2.05, 4.69) is 10.2 Å². The third-order valence-electron chi connectivity index (χ3n) is 4.21. The van der Waals surface area contributed by atoms with Gasteiger partial charge in [-0.2, -0.15) is 0 Å². The number of aromatic nitrogens is 3. The highest BCUT2D eigenvalue weighted by Gasteiger charge is 2.30. The molecule has 8 nitrogen and oxygen atoms in total. The van der Waals surface area contributed by atoms with Gasteiger partial charge in [0.05, 0.1) is 31.2 Å². The zero-order chi connectivity index (χ0) is 18.0. The number of pyridine rings is 1. The standard InChI is InChI=1S/C16H19ClN4O4/c1-3-20-7-12(14(22)11-6-13(17)18-19-15(11)20)16(23)21-4-5-25-9-10(21)8-24-2/h6-7,10H,3-5,8-9H2,1-2H3/t10-/m0/s1. The molecule has 0 spiro atoms. The fraction of sp³-hybridized carbons (Fsp3) is 0.500. The number of morpholine rings is 1. The van der Waals surface area contributed by atoms with Crippen molar-refractivity contribution in [3.8, 4) is 0 Å². The molecule has 2 aromatic rings. The summed E-state index contributed by atoms with van der Waals surface area (Å²) in [6.07, 6.45) is 1.54. The van der Waals surface area contributed by atoms with Crippen molar-refractivity contribution in [1.29, 1.82) is 0 Å². The molecule has 1 aliphatic heterocycles. The fourth-order valence-electron chi connectivity index (χ4n) is 2.96. The monoisotopic (exact) mass is 366 g/mol. The summed E-state index contributed by atoms with van der Waals surface area (Å²) in [4.78, 5) is 27.5. The Morgan fingerprint density at radius 2 is 2.28 bits per heavy atom. The van der Waals surface area contributed by atoms with E-state index in [0.717, 1.165) is 0 Å². The van der Waals surface area contributed by atoms with E-state index in [1.807, 2.05) is 6.92 Å². The lowest BCUT2D eigenvalue weighted by atomic mass is 10.1. The second-order valence-electron chi connectivity index (χ2n) is 5.74. The first kappa shape index (κ1) is 17.8. The Morgan fingerprint density at radius 1 is 1.48 bits per heavy atom. The lowest BCUT2D eigenvalue weighted by Gasteiger charge is -2.35. The summed E-state index contributed by atoms with van der Waals surface area (Å²) in [5.74, 6) is -0.340. The van der Waals surface area contributed by atoms with E-state index in [4.69, 9.17) is 21.1 Å². The molecule has 0 radical (unpaired) electrons. The van der Waals surface area contributed by atoms with Crippen molar-refractivity contribution in [3.63, 3.8) is 0 Å². The summed E-state index contributed by atoms with van der Waals surface area (Å²) in [6.45, 7) is 4.00. The molecule has 0 unspecified atom stereocenters. The fourth-order valence-corrected chi connectivity index (χ4v) is 3.11. The number of aryl methyl sites for hydroxylation is 1. The first-order chi connectivity index (χ1) is 12.1. The van der Waals surface area contributed by atoms with E-state index in [-0.39, 0.29) is 28.1 Å². The van der Waals surface area contributed by atoms with E-state index in [1.54, 1.807) is 16.6 Å². The number of methoxy groups -OCH3 is 1. The summed E-state index contributed by atoms with van der Waals surface area (Å²) in [5, 5.41) is 8.16. The van der Waals surface area contributed by atoms with Crippen LogP contribution in [0.2, 0.25) is 5.15 Å². The summed E-state index contributed by atoms with van der Waals surface area (Å²) in [5.41, 5.74) is 0.0921. The topological polar surface area (TPSA) is 86.5 Å². The molecule has 1 saturated heterocycles. The molecular weight excluding hydrogens is 348 g/mol. The maximum Gasteiger partial charge on any atom is 0.259 e. The van der Waals surface area contributed by atoms with Crippen LogP contribution in [0, 0.1) is 0 Å². The molecule has 9 heteroatoms. The Bertz CT molecular complexity index is 852. The van der Waals surface area contributed by atoms with Crippen LogP contribution in [0.15, 0.2) is 17.1 Å². The molecule has 0 aliphatic carbocycles. The van der Waals surface area contributed by atoms with Crippen LogP contribution < -0.4 is 5.43 Å². The third kappa shape index (κ3) is 3.37. The van der Waals surface area contributed by atoms with Crippen molar-refractivity contribution in [1.82, 2.24) is 19.7 Å². The second-order valence-corrected chi connectivity index (χ2v) is 6.13. The van der Waals surface area contributed by atoms with Crippen LogP contribution in [0.25, 0.3) is 11.0 Å². The number of halogens is 1. The van der Waals surface area contributed by atoms with Crippen molar-refractivity contribution in [3.05, 3.63) is 33.2 Å². The number of rotatable bonds is 4. The highest BCUT2D eigenvalue weighted by molar-refractivity contribution is 6.29. The van der Waals surface area contributed by atoms with Gasteiger partial charge in [-0.05, 0) is 13.0 Å². The number of hydrogen-bond acceptors (Lipinski definition) is 6. The third-order valence-corrected chi connectivity index (χ3v) is 4.39. The number of hydrogen-bond donors (Lipinski definition) is 0. The molecule has 134 valence electrons. The first-order valence-corrected chi connectivity index (χ1v) is 8.38. The van der Waals surface area contributed by atoms with Gasteiger partial charge in [0.15, 0.2) is 10.8 Å². The SMILES string of the molecule is CCn1cc(C(=O)N2CCOC[C@@H]2COC)c(=O)c2cc(Cl)nnc21. The summed E-state index contributed by atoms with van der Waals surface area (Å²) >= 11 is 5.88. The van der Waals surface area contributed by atoms with Gasteiger partial charge in [-0.25, -0.2) is 0 Å². The van der Waals surface area contributed by atoms with Gasteiger partial charge in [-0.15, -0.1) is 10.2 Å². The molecule has 0 aromatic carbocycles. The minimum absolute atomic E-state index is 0.0846. The number of fused-ring (bicyclic) bond motifs is 1. The van der Waals surface area contributed by atoms with Gasteiger partial charge in [0.1, 0.15) is 5.56 Å². The van der Waals surface area contributed by atoms with Crippen LogP contribution in [0.3, 0.4) is 0 Å². The minimum Gasteiger partial charge on any atom is -0.382 e. The molecule has 3 heterocycles. The minimum atomic E-state index is -0.399. The number of amides is 1. The number of carbonyl (C=O) groups excluding carboxylic acids is 1. The maximum atomic E-state index is 13.0. The quantitative estimate of drug-likeness (QED) is 0.800. The molecule has 25 heavy (non-hydrogen) atoms. The molecule has 0 saturated carbocycles. The largest absolute Gasteiger partial charge is 0.382 e. The van der Waals surface area contributed by atoms with Crippen molar-refractivity contribution >= 4 is 28.5 Å². The van der Waals surface area contributed by atoms with Crippen molar-refractivity contribution in [2.24, 2.45) is 0 Å². The normalized spacial score (nSPS) is 17.9. The van der Waals surface area contributed by atoms with Gasteiger partial charge < -0.3 is 18.9 Å². The molecular formula is C16H19ClN4O4. The Kier molecular flexibility index (Phi) is 5.31. The Labute approximate surface area is 149 Å². The zero-order valence-corrected chi connectivity index (χ0v) is 14.8. The van der Waals surface area contributed by atoms with Crippen LogP contribution in [0.5, 0.6) is 0 Å². The summed E-state index contributed by atoms with van der Waals surface area (Å²) in [6, 6.07) is 1.22. The van der Waals surface area contributed by atoms with E-state index in [1.165, 1.54) is 12.3 Å². The number of ether oxygens (including phenoxy) is 2. The van der Waals surface area contributed by atoms with Crippen molar-refractivity contribution in [2.75, 3.05) is 33.5 Å². The Hall–Kier alpha value is -2.03. The van der Waals surface area contributed by atoms with Crippen LogP contribution in [-0.2, 0) is 16.0 Å². The predicted octanol–water partition coefficient (Wildman–Crippen LogP) is 0.952. The number of carbonyl (C=O) groups is 1. The Balaban J connectivity index is 2.09. The molecule has 1 amide bonds. The average molecular weight is 367 g/mol. The van der Waals surface area contributed by atoms with Gasteiger partial charge >= 0.3 is 0 Å². The van der Waals surface area contributed by atoms with Crippen LogP contribution in [-0.4, -0.2) is 65.1 Å². The molecule has 0 N–H and O–H groups in total. The molecule has 3 rings (SSSR count). The van der Waals surface area contributed by atoms with Crippen LogP contribution in [0.1, 0.15) is 17.3 Å². The van der Waals surface area contributed by atoms with Gasteiger partial charge in [-0.3, -0.25) is 9.59 Å². The van der Waals surface area contributed by atoms with E-state index >= 15 is 0 Å². The zero-order valence-electron chi connectivity index (χ0n) is 14.1. The molecule has 1 aliphatic rings. The van der Waals surface area contributed by atoms with E-state index in [0.29, 0.717) is 38.6 Å². The first-order valence-electron chi connectivity index (χ1n) is 8.00. The Morgan fingerprint density at radius 3 is 3.00 bits per heavy atom. The van der Waals surface area contributed by atoms with Gasteiger partial charge in [-0.1, -0.05) is 11.6 Å². The molecule has 2 aromatic heterocycles. The average Bonchev–Trinajstić information content (AvgIpc) is 2.62. The van der Waals surface area contributed by atoms with Gasteiger partial charge in [0.25, 0.3) is 5.91 Å². The number of nitrogens with zero attached hydrogens (tertiary/aromatic N) is 4. The lowest BCUT2D eigenvalue weighted by Crippen LogP contribution is -2.51. The van der Waals surface area contributed by atoms with Crippen LogP contribution in [0.4, 0.5) is 0 Å². The second kappa shape index (κ2) is 7.47. The van der Waals surface area contributed by atoms with Gasteiger partial charge in [0, 0.05) is 26.4 Å². The smallest absolute Gasteiger partial charge is 0.259 e. The maximum absolute atomic E-state index is 13.0.